The van der Waals surface area contributed by atoms with Crippen LogP contribution in [0.4, 0.5) is 8.78 Å². The van der Waals surface area contributed by atoms with Crippen LogP contribution in [-0.2, 0) is 47.7 Å². The van der Waals surface area contributed by atoms with Crippen LogP contribution in [-0.4, -0.2) is 94.1 Å². The van der Waals surface area contributed by atoms with Crippen molar-refractivity contribution in [1.82, 2.24) is 0 Å². The van der Waals surface area contributed by atoms with Gasteiger partial charge in [0, 0.05) is 31.2 Å². The molecule has 2 fully saturated rings. The summed E-state index contributed by atoms with van der Waals surface area (Å²) in [4.78, 5) is 59.7. The highest BCUT2D eigenvalue weighted by Crippen LogP contribution is 2.40. The molecule has 0 saturated carbocycles. The number of hydrogen-bond donors (Lipinski definition) is 1. The lowest BCUT2D eigenvalue weighted by molar-refractivity contribution is -0.153. The van der Waals surface area contributed by atoms with Crippen molar-refractivity contribution >= 4 is 77.7 Å². The van der Waals surface area contributed by atoms with Crippen LogP contribution in [0, 0.1) is 0 Å². The second-order valence-corrected chi connectivity index (χ2v) is 16.3. The van der Waals surface area contributed by atoms with Gasteiger partial charge in [0.05, 0.1) is 10.5 Å². The number of aliphatic hydroxyl groups excluding tert-OH is 1. The fraction of sp³-hybridized carbons (Fsp3) is 0.229. The van der Waals surface area contributed by atoms with E-state index >= 15 is 0 Å². The SMILES string of the molecule is CC(=O)O[C@@H]1S[C@H](COC(=O)/C=C/c2ccccc2)[C@@H](OC(=O)/C=C/c2ccccc2)[C@@H]1F.O=C(/C=C/c1ccccc1)OC[C@H]1SC(O)[C@@H](F)[C@@H]1OC(=O)/C=C/c1ccccc1. The highest BCUT2D eigenvalue weighted by Gasteiger charge is 2.49. The normalized spacial score (nSPS) is 23.0. The Morgan fingerprint density at radius 3 is 1.21 bits per heavy atom. The number of esters is 5. The third kappa shape index (κ3) is 16.2. The minimum absolute atomic E-state index is 0.194. The van der Waals surface area contributed by atoms with Gasteiger partial charge in [-0.3, -0.25) is 4.79 Å². The largest absolute Gasteiger partial charge is 0.461 e. The van der Waals surface area contributed by atoms with E-state index in [0.717, 1.165) is 45.8 Å². The molecule has 4 aromatic carbocycles. The molecule has 11 nitrogen and oxygen atoms in total. The van der Waals surface area contributed by atoms with E-state index in [1.807, 2.05) is 109 Å². The smallest absolute Gasteiger partial charge is 0.331 e. The number of ether oxygens (including phenoxy) is 5. The summed E-state index contributed by atoms with van der Waals surface area (Å²) < 4.78 is 55.1. The Labute approximate surface area is 371 Å². The fourth-order valence-corrected chi connectivity index (χ4v) is 8.39. The summed E-state index contributed by atoms with van der Waals surface area (Å²) >= 11 is 1.82. The Kier molecular flexibility index (Phi) is 18.9. The van der Waals surface area contributed by atoms with Gasteiger partial charge < -0.3 is 28.8 Å². The molecular weight excluding hydrogens is 855 g/mol. The van der Waals surface area contributed by atoms with Gasteiger partial charge in [-0.25, -0.2) is 28.0 Å². The Balaban J connectivity index is 0.000000239. The van der Waals surface area contributed by atoms with Crippen molar-refractivity contribution in [3.63, 3.8) is 0 Å². The summed E-state index contributed by atoms with van der Waals surface area (Å²) in [5.41, 5.74) is 0.705. The molecule has 63 heavy (non-hydrogen) atoms. The highest BCUT2D eigenvalue weighted by molar-refractivity contribution is 8.01. The van der Waals surface area contributed by atoms with Gasteiger partial charge in [-0.2, -0.15) is 0 Å². The molecule has 328 valence electrons. The Hall–Kier alpha value is -6.29. The second kappa shape index (κ2) is 25.0. The van der Waals surface area contributed by atoms with E-state index in [1.54, 1.807) is 36.4 Å². The zero-order valence-electron chi connectivity index (χ0n) is 33.8. The van der Waals surface area contributed by atoms with Gasteiger partial charge in [-0.1, -0.05) is 121 Å². The van der Waals surface area contributed by atoms with Gasteiger partial charge in [-0.15, -0.1) is 23.5 Å². The van der Waals surface area contributed by atoms with E-state index in [9.17, 15) is 37.9 Å². The molecule has 2 heterocycles. The molecule has 2 aliphatic rings. The van der Waals surface area contributed by atoms with Crippen molar-refractivity contribution in [1.29, 1.82) is 0 Å². The molecule has 4 aromatic rings. The van der Waals surface area contributed by atoms with Crippen molar-refractivity contribution in [2.45, 2.75) is 52.8 Å². The number of carbonyl (C=O) groups is 5. The molecule has 0 aromatic heterocycles. The number of alkyl halides is 2. The van der Waals surface area contributed by atoms with Gasteiger partial charge >= 0.3 is 29.8 Å². The molecule has 8 atom stereocenters. The second-order valence-electron chi connectivity index (χ2n) is 13.6. The monoisotopic (exact) mass is 898 g/mol. The summed E-state index contributed by atoms with van der Waals surface area (Å²) in [5.74, 6) is -3.38. The van der Waals surface area contributed by atoms with Crippen molar-refractivity contribution in [2.24, 2.45) is 0 Å². The molecule has 6 rings (SSSR count). The molecule has 2 saturated heterocycles. The molecular formula is C48H44F2O11S2. The van der Waals surface area contributed by atoms with Crippen molar-refractivity contribution in [3.05, 3.63) is 168 Å². The van der Waals surface area contributed by atoms with Gasteiger partial charge in [0.2, 0.25) is 0 Å². The zero-order valence-corrected chi connectivity index (χ0v) is 35.4. The number of hydrogen-bond acceptors (Lipinski definition) is 13. The molecule has 0 aliphatic carbocycles. The van der Waals surface area contributed by atoms with Crippen LogP contribution in [0.15, 0.2) is 146 Å². The lowest BCUT2D eigenvalue weighted by Gasteiger charge is -2.19. The molecule has 0 spiro atoms. The number of carbonyl (C=O) groups excluding carboxylic acids is 5. The van der Waals surface area contributed by atoms with E-state index in [4.69, 9.17) is 23.7 Å². The van der Waals surface area contributed by atoms with Crippen LogP contribution in [0.3, 0.4) is 0 Å². The standard InChI is InChI=1S/C25H23FO6S.C23H21FO5S/c1-17(27)31-25-23(26)24(32-22(29)15-13-19-10-6-3-7-11-19)20(33-25)16-30-21(28)14-12-18-8-4-2-5-9-18;24-21-22(29-20(26)14-12-17-9-5-2-6-10-17)18(30-23(21)27)15-28-19(25)13-11-16-7-3-1-4-8-16/h2-15,20,23-25H,16H2,1H3;1-14,18,21-23,27H,15H2/b14-12+,15-13+;13-11+,14-12+/t20-,23+,24-,25-;18-,21+,22-,23?/m11/s1. The number of halogens is 2. The highest BCUT2D eigenvalue weighted by atomic mass is 32.2. The molecule has 2 aliphatic heterocycles. The average molecular weight is 899 g/mol. The first-order chi connectivity index (χ1) is 30.4. The van der Waals surface area contributed by atoms with E-state index < -0.39 is 75.8 Å². The topological polar surface area (TPSA) is 152 Å². The van der Waals surface area contributed by atoms with Crippen molar-refractivity contribution in [2.75, 3.05) is 13.2 Å². The van der Waals surface area contributed by atoms with Crippen LogP contribution in [0.1, 0.15) is 29.2 Å². The van der Waals surface area contributed by atoms with E-state index in [2.05, 4.69) is 0 Å². The first kappa shape index (κ1) is 47.8. The van der Waals surface area contributed by atoms with Crippen molar-refractivity contribution in [3.8, 4) is 0 Å². The third-order valence-electron chi connectivity index (χ3n) is 8.93. The van der Waals surface area contributed by atoms with Gasteiger partial charge in [0.25, 0.3) is 0 Å². The summed E-state index contributed by atoms with van der Waals surface area (Å²) in [6.45, 7) is 0.750. The van der Waals surface area contributed by atoms with E-state index in [1.165, 1.54) is 31.2 Å². The van der Waals surface area contributed by atoms with Crippen LogP contribution in [0.2, 0.25) is 0 Å². The molecule has 0 amide bonds. The van der Waals surface area contributed by atoms with E-state index in [-0.39, 0.29) is 13.2 Å². The predicted molar refractivity (Wildman–Crippen MR) is 238 cm³/mol. The predicted octanol–water partition coefficient (Wildman–Crippen LogP) is 7.85. The van der Waals surface area contributed by atoms with Gasteiger partial charge in [-0.05, 0) is 46.6 Å². The van der Waals surface area contributed by atoms with Crippen molar-refractivity contribution < 1.29 is 61.5 Å². The summed E-state index contributed by atoms with van der Waals surface area (Å²) in [5, 5.41) is 8.35. The third-order valence-corrected chi connectivity index (χ3v) is 11.6. The summed E-state index contributed by atoms with van der Waals surface area (Å²) in [6.07, 6.45) is 5.20. The maximum atomic E-state index is 14.9. The molecule has 15 heteroatoms. The first-order valence-electron chi connectivity index (χ1n) is 19.6. The molecule has 1 N–H and O–H groups in total. The van der Waals surface area contributed by atoms with Crippen LogP contribution in [0.25, 0.3) is 24.3 Å². The fourth-order valence-electron chi connectivity index (χ4n) is 5.88. The maximum Gasteiger partial charge on any atom is 0.331 e. The Morgan fingerprint density at radius 1 is 0.508 bits per heavy atom. The molecule has 0 bridgehead atoms. The van der Waals surface area contributed by atoms with Gasteiger partial charge in [0.1, 0.15) is 18.6 Å². The average Bonchev–Trinajstić information content (AvgIpc) is 3.73. The van der Waals surface area contributed by atoms with Crippen LogP contribution in [0.5, 0.6) is 0 Å². The number of rotatable bonds is 15. The lowest BCUT2D eigenvalue weighted by Crippen LogP contribution is -2.37. The lowest BCUT2D eigenvalue weighted by atomic mass is 10.1. The Bertz CT molecular complexity index is 2220. The van der Waals surface area contributed by atoms with E-state index in [0.29, 0.717) is 0 Å². The van der Waals surface area contributed by atoms with Crippen LogP contribution < -0.4 is 0 Å². The number of benzene rings is 4. The maximum absolute atomic E-state index is 14.9. The summed E-state index contributed by atoms with van der Waals surface area (Å²) in [6, 6.07) is 36.6. The minimum Gasteiger partial charge on any atom is -0.461 e. The minimum atomic E-state index is -1.77. The summed E-state index contributed by atoms with van der Waals surface area (Å²) in [7, 11) is 0. The van der Waals surface area contributed by atoms with Crippen LogP contribution >= 0.6 is 23.5 Å². The molecule has 1 unspecified atom stereocenters. The quantitative estimate of drug-likeness (QED) is 0.0701. The molecule has 0 radical (unpaired) electrons. The van der Waals surface area contributed by atoms with Gasteiger partial charge in [0.15, 0.2) is 30.0 Å². The first-order valence-corrected chi connectivity index (χ1v) is 21.5. The number of aliphatic hydroxyl groups is 1. The number of thioether (sulfide) groups is 2. The Morgan fingerprint density at radius 2 is 0.841 bits per heavy atom. The zero-order chi connectivity index (χ0) is 45.0.